The molecule has 0 radical (unpaired) electrons. The predicted octanol–water partition coefficient (Wildman–Crippen LogP) is 1.38. The Labute approximate surface area is 47.9 Å². The lowest BCUT2D eigenvalue weighted by molar-refractivity contribution is 0.00801. The first-order valence-electron chi connectivity index (χ1n) is 2.55. The summed E-state index contributed by atoms with van der Waals surface area (Å²) < 4.78 is 23.8. The lowest BCUT2D eigenvalue weighted by Gasteiger charge is -2.11. The second kappa shape index (κ2) is 2.40. The van der Waals surface area contributed by atoms with E-state index < -0.39 is 12.0 Å². The lowest BCUT2D eigenvalue weighted by atomic mass is 10.2. The van der Waals surface area contributed by atoms with E-state index >= 15 is 0 Å². The van der Waals surface area contributed by atoms with Crippen LogP contribution < -0.4 is 5.73 Å². The minimum atomic E-state index is -2.60. The first-order chi connectivity index (χ1) is 3.42. The van der Waals surface area contributed by atoms with Gasteiger partial charge in [0.1, 0.15) is 0 Å². The molecule has 0 rings (SSSR count). The van der Waals surface area contributed by atoms with Gasteiger partial charge in [0.05, 0.1) is 0 Å². The molecule has 0 heterocycles. The SMILES string of the molecule is C[C@H](N)CC(C)(F)F. The van der Waals surface area contributed by atoms with Gasteiger partial charge in [-0.15, -0.1) is 0 Å². The van der Waals surface area contributed by atoms with Crippen molar-refractivity contribution in [3.63, 3.8) is 0 Å². The van der Waals surface area contributed by atoms with E-state index in [9.17, 15) is 8.78 Å². The fraction of sp³-hybridized carbons (Fsp3) is 1.00. The van der Waals surface area contributed by atoms with Gasteiger partial charge >= 0.3 is 0 Å². The Morgan fingerprint density at radius 1 is 1.62 bits per heavy atom. The molecule has 0 aromatic rings. The molecule has 0 bridgehead atoms. The number of rotatable bonds is 2. The summed E-state index contributed by atoms with van der Waals surface area (Å²) in [6.45, 7) is 2.44. The summed E-state index contributed by atoms with van der Waals surface area (Å²) in [5.41, 5.74) is 5.10. The summed E-state index contributed by atoms with van der Waals surface area (Å²) in [7, 11) is 0. The average Bonchev–Trinajstić information content (AvgIpc) is 1.21. The van der Waals surface area contributed by atoms with Crippen LogP contribution in [0.4, 0.5) is 8.78 Å². The molecule has 0 saturated heterocycles. The van der Waals surface area contributed by atoms with Crippen molar-refractivity contribution in [3.05, 3.63) is 0 Å². The number of alkyl halides is 2. The van der Waals surface area contributed by atoms with Crippen LogP contribution in [-0.4, -0.2) is 12.0 Å². The molecular formula is C5H11F2N. The van der Waals surface area contributed by atoms with Crippen LogP contribution in [-0.2, 0) is 0 Å². The van der Waals surface area contributed by atoms with Crippen LogP contribution in [0.5, 0.6) is 0 Å². The third kappa shape index (κ3) is 5.82. The van der Waals surface area contributed by atoms with Crippen molar-refractivity contribution >= 4 is 0 Å². The Balaban J connectivity index is 3.39. The zero-order valence-electron chi connectivity index (χ0n) is 5.12. The Bertz CT molecular complexity index is 65.3. The van der Waals surface area contributed by atoms with Crippen molar-refractivity contribution in [2.24, 2.45) is 5.73 Å². The summed E-state index contributed by atoms with van der Waals surface area (Å²) in [5.74, 6) is -2.60. The molecule has 1 atom stereocenters. The molecule has 0 spiro atoms. The maximum absolute atomic E-state index is 11.9. The maximum atomic E-state index is 11.9. The highest BCUT2D eigenvalue weighted by Gasteiger charge is 2.22. The summed E-state index contributed by atoms with van der Waals surface area (Å²) in [5, 5.41) is 0. The number of hydrogen-bond donors (Lipinski definition) is 1. The first kappa shape index (κ1) is 7.82. The number of halogens is 2. The van der Waals surface area contributed by atoms with Crippen LogP contribution in [0.15, 0.2) is 0 Å². The van der Waals surface area contributed by atoms with Crippen LogP contribution in [0.25, 0.3) is 0 Å². The molecule has 2 N–H and O–H groups in total. The van der Waals surface area contributed by atoms with Gasteiger partial charge in [0.15, 0.2) is 0 Å². The van der Waals surface area contributed by atoms with Crippen molar-refractivity contribution < 1.29 is 8.78 Å². The molecule has 0 aliphatic rings. The molecule has 0 aromatic heterocycles. The van der Waals surface area contributed by atoms with E-state index in [1.54, 1.807) is 6.92 Å². The number of nitrogens with two attached hydrogens (primary N) is 1. The molecular weight excluding hydrogens is 112 g/mol. The molecule has 8 heavy (non-hydrogen) atoms. The Hall–Kier alpha value is -0.180. The Morgan fingerprint density at radius 2 is 2.00 bits per heavy atom. The van der Waals surface area contributed by atoms with Crippen LogP contribution in [0, 0.1) is 0 Å². The lowest BCUT2D eigenvalue weighted by Crippen LogP contribution is -2.24. The van der Waals surface area contributed by atoms with Crippen molar-refractivity contribution in [2.45, 2.75) is 32.2 Å². The smallest absolute Gasteiger partial charge is 0.246 e. The first-order valence-corrected chi connectivity index (χ1v) is 2.55. The highest BCUT2D eigenvalue weighted by Crippen LogP contribution is 2.17. The Morgan fingerprint density at radius 3 is 2.00 bits per heavy atom. The maximum Gasteiger partial charge on any atom is 0.246 e. The van der Waals surface area contributed by atoms with Gasteiger partial charge in [-0.3, -0.25) is 0 Å². The molecule has 0 aliphatic heterocycles. The highest BCUT2D eigenvalue weighted by atomic mass is 19.3. The molecule has 0 amide bonds. The predicted molar refractivity (Wildman–Crippen MR) is 28.9 cm³/mol. The molecule has 0 unspecified atom stereocenters. The quantitative estimate of drug-likeness (QED) is 0.589. The van der Waals surface area contributed by atoms with Gasteiger partial charge in [0.25, 0.3) is 0 Å². The molecule has 0 fully saturated rings. The summed E-state index contributed by atoms with van der Waals surface area (Å²) in [4.78, 5) is 0. The zero-order valence-corrected chi connectivity index (χ0v) is 5.12. The van der Waals surface area contributed by atoms with Crippen molar-refractivity contribution in [3.8, 4) is 0 Å². The minimum absolute atomic E-state index is 0.229. The van der Waals surface area contributed by atoms with Gasteiger partial charge in [-0.25, -0.2) is 8.78 Å². The van der Waals surface area contributed by atoms with E-state index in [1.807, 2.05) is 0 Å². The van der Waals surface area contributed by atoms with E-state index in [0.29, 0.717) is 0 Å². The third-order valence-corrected chi connectivity index (χ3v) is 0.680. The highest BCUT2D eigenvalue weighted by molar-refractivity contribution is 4.64. The van der Waals surface area contributed by atoms with Crippen LogP contribution >= 0.6 is 0 Å². The largest absolute Gasteiger partial charge is 0.328 e. The second-order valence-electron chi connectivity index (χ2n) is 2.25. The minimum Gasteiger partial charge on any atom is -0.328 e. The van der Waals surface area contributed by atoms with Gasteiger partial charge < -0.3 is 5.73 Å². The molecule has 50 valence electrons. The van der Waals surface area contributed by atoms with Gasteiger partial charge in [-0.2, -0.15) is 0 Å². The van der Waals surface area contributed by atoms with E-state index in [1.165, 1.54) is 0 Å². The van der Waals surface area contributed by atoms with Gasteiger partial charge in [-0.05, 0) is 13.8 Å². The Kier molecular flexibility index (Phi) is 2.34. The van der Waals surface area contributed by atoms with Crippen molar-refractivity contribution in [2.75, 3.05) is 0 Å². The molecule has 3 heteroatoms. The third-order valence-electron chi connectivity index (χ3n) is 0.680. The van der Waals surface area contributed by atoms with E-state index in [-0.39, 0.29) is 6.42 Å². The topological polar surface area (TPSA) is 26.0 Å². The van der Waals surface area contributed by atoms with Crippen LogP contribution in [0.1, 0.15) is 20.3 Å². The van der Waals surface area contributed by atoms with E-state index in [2.05, 4.69) is 0 Å². The average molecular weight is 123 g/mol. The summed E-state index contributed by atoms with van der Waals surface area (Å²) in [6, 6.07) is -0.407. The molecule has 0 aliphatic carbocycles. The van der Waals surface area contributed by atoms with Gasteiger partial charge in [0, 0.05) is 12.5 Å². The van der Waals surface area contributed by atoms with E-state index in [4.69, 9.17) is 5.73 Å². The summed E-state index contributed by atoms with van der Waals surface area (Å²) in [6.07, 6.45) is -0.229. The van der Waals surface area contributed by atoms with Crippen molar-refractivity contribution in [1.29, 1.82) is 0 Å². The monoisotopic (exact) mass is 123 g/mol. The van der Waals surface area contributed by atoms with Crippen molar-refractivity contribution in [1.82, 2.24) is 0 Å². The fourth-order valence-corrected chi connectivity index (χ4v) is 0.565. The molecule has 0 aromatic carbocycles. The second-order valence-corrected chi connectivity index (χ2v) is 2.25. The zero-order chi connectivity index (χ0) is 6.78. The number of hydrogen-bond acceptors (Lipinski definition) is 1. The van der Waals surface area contributed by atoms with Gasteiger partial charge in [0.2, 0.25) is 5.92 Å². The normalized spacial score (nSPS) is 16.1. The fourth-order valence-electron chi connectivity index (χ4n) is 0.565. The van der Waals surface area contributed by atoms with E-state index in [0.717, 1.165) is 6.92 Å². The molecule has 1 nitrogen and oxygen atoms in total. The van der Waals surface area contributed by atoms with Crippen LogP contribution in [0.3, 0.4) is 0 Å². The standard InChI is InChI=1S/C5H11F2N/c1-4(8)3-5(2,6)7/h4H,3,8H2,1-2H3/t4-/m0/s1. The van der Waals surface area contributed by atoms with Gasteiger partial charge in [-0.1, -0.05) is 0 Å². The summed E-state index contributed by atoms with van der Waals surface area (Å²) >= 11 is 0. The molecule has 0 saturated carbocycles. The van der Waals surface area contributed by atoms with Crippen LogP contribution in [0.2, 0.25) is 0 Å².